The minimum Gasteiger partial charge on any atom is -0.481 e. The lowest BCUT2D eigenvalue weighted by atomic mass is 9.77. The van der Waals surface area contributed by atoms with Crippen LogP contribution in [0.3, 0.4) is 0 Å². The van der Waals surface area contributed by atoms with Crippen molar-refractivity contribution in [1.82, 2.24) is 0 Å². The fourth-order valence-corrected chi connectivity index (χ4v) is 6.60. The van der Waals surface area contributed by atoms with Crippen molar-refractivity contribution in [2.45, 2.75) is 35.8 Å². The highest BCUT2D eigenvalue weighted by Crippen LogP contribution is 2.66. The molecule has 10 heteroatoms. The topological polar surface area (TPSA) is 138 Å². The first kappa shape index (κ1) is 19.6. The second-order valence-corrected chi connectivity index (χ2v) is 9.75. The number of aliphatic carboxylic acids is 1. The number of primary amides is 1. The number of sulfone groups is 1. The first-order valence-corrected chi connectivity index (χ1v) is 10.1. The van der Waals surface area contributed by atoms with Crippen molar-refractivity contribution >= 4 is 33.3 Å². The molecule has 2 saturated carbocycles. The van der Waals surface area contributed by atoms with Crippen LogP contribution in [0.4, 0.5) is 4.39 Å². The summed E-state index contributed by atoms with van der Waals surface area (Å²) in [5, 5.41) is 17.8. The summed E-state index contributed by atoms with van der Waals surface area (Å²) >= 11 is 5.87. The van der Waals surface area contributed by atoms with Crippen molar-refractivity contribution in [3.05, 3.63) is 29.0 Å². The van der Waals surface area contributed by atoms with Crippen LogP contribution in [-0.2, 0) is 19.4 Å². The molecule has 4 atom stereocenters. The quantitative estimate of drug-likeness (QED) is 0.705. The molecule has 1 aromatic rings. The van der Waals surface area contributed by atoms with E-state index in [1.165, 1.54) is 0 Å². The standard InChI is InChI=1S/C17H16ClFN2O5S/c18-11-5-9(19)1-2-12(11)27(25,26)10-3-4-16(6-10,15(23)24)13-7-17(13,8-20)14(21)22/h1-2,5,10,13H,3-4,6-7H2,(H2,21,22)(H,23,24)/t10-,13?,16+,17?/m1/s1. The molecule has 27 heavy (non-hydrogen) atoms. The van der Waals surface area contributed by atoms with Gasteiger partial charge in [-0.2, -0.15) is 5.26 Å². The van der Waals surface area contributed by atoms with Crippen molar-refractivity contribution in [1.29, 1.82) is 5.26 Å². The van der Waals surface area contributed by atoms with E-state index >= 15 is 0 Å². The third-order valence-electron chi connectivity index (χ3n) is 5.84. The Bertz CT molecular complexity index is 992. The molecule has 2 aliphatic rings. The van der Waals surface area contributed by atoms with E-state index in [9.17, 15) is 32.8 Å². The molecule has 2 fully saturated rings. The largest absolute Gasteiger partial charge is 0.481 e. The average molecular weight is 415 g/mol. The summed E-state index contributed by atoms with van der Waals surface area (Å²) < 4.78 is 39.1. The van der Waals surface area contributed by atoms with Gasteiger partial charge in [0.05, 0.1) is 26.7 Å². The number of hydrogen-bond donors (Lipinski definition) is 2. The van der Waals surface area contributed by atoms with Crippen LogP contribution < -0.4 is 5.73 Å². The normalized spacial score (nSPS) is 32.6. The van der Waals surface area contributed by atoms with Gasteiger partial charge in [0.15, 0.2) is 9.84 Å². The predicted octanol–water partition coefficient (Wildman–Crippen LogP) is 1.89. The summed E-state index contributed by atoms with van der Waals surface area (Å²) in [5.74, 6) is -3.69. The van der Waals surface area contributed by atoms with Gasteiger partial charge >= 0.3 is 5.97 Å². The molecule has 0 aromatic heterocycles. The summed E-state index contributed by atoms with van der Waals surface area (Å²) in [4.78, 5) is 23.4. The number of amides is 1. The van der Waals surface area contributed by atoms with Crippen molar-refractivity contribution < 1.29 is 27.5 Å². The lowest BCUT2D eigenvalue weighted by Gasteiger charge is -2.25. The molecule has 0 aliphatic heterocycles. The summed E-state index contributed by atoms with van der Waals surface area (Å²) in [6, 6.07) is 4.70. The van der Waals surface area contributed by atoms with Gasteiger partial charge in [-0.05, 0) is 43.9 Å². The zero-order valence-electron chi connectivity index (χ0n) is 14.0. The number of carboxylic acid groups (broad SMARTS) is 1. The number of halogens is 2. The molecule has 0 heterocycles. The molecule has 0 radical (unpaired) electrons. The molecule has 1 aromatic carbocycles. The molecule has 7 nitrogen and oxygen atoms in total. The Morgan fingerprint density at radius 2 is 2.04 bits per heavy atom. The monoisotopic (exact) mass is 414 g/mol. The molecule has 3 N–H and O–H groups in total. The van der Waals surface area contributed by atoms with Gasteiger partial charge in [0.1, 0.15) is 11.2 Å². The maximum Gasteiger partial charge on any atom is 0.310 e. The van der Waals surface area contributed by atoms with E-state index in [4.69, 9.17) is 17.3 Å². The van der Waals surface area contributed by atoms with Crippen LogP contribution in [0.2, 0.25) is 5.02 Å². The SMILES string of the molecule is N#CC1(C(N)=O)CC1[C@]1(C(=O)O)CC[C@@H](S(=O)(=O)c2ccc(F)cc2Cl)C1. The number of rotatable bonds is 5. The third-order valence-corrected chi connectivity index (χ3v) is 8.51. The predicted molar refractivity (Wildman–Crippen MR) is 91.7 cm³/mol. The summed E-state index contributed by atoms with van der Waals surface area (Å²) in [5.41, 5.74) is 2.17. The molecule has 144 valence electrons. The zero-order chi connectivity index (χ0) is 20.2. The fourth-order valence-electron chi connectivity index (χ4n) is 4.22. The highest BCUT2D eigenvalue weighted by molar-refractivity contribution is 7.92. The Labute approximate surface area is 159 Å². The molecule has 1 amide bonds. The smallest absolute Gasteiger partial charge is 0.310 e. The second kappa shape index (κ2) is 6.17. The Morgan fingerprint density at radius 1 is 1.37 bits per heavy atom. The van der Waals surface area contributed by atoms with Crippen molar-refractivity contribution in [2.75, 3.05) is 0 Å². The molecule has 0 spiro atoms. The van der Waals surface area contributed by atoms with Gasteiger partial charge in [-0.15, -0.1) is 0 Å². The van der Waals surface area contributed by atoms with E-state index < -0.39 is 49.5 Å². The number of nitriles is 1. The summed E-state index contributed by atoms with van der Waals surface area (Å²) in [7, 11) is -4.02. The van der Waals surface area contributed by atoms with Crippen LogP contribution in [0.15, 0.2) is 23.1 Å². The Morgan fingerprint density at radius 3 is 2.52 bits per heavy atom. The molecular formula is C17H16ClFN2O5S. The lowest BCUT2D eigenvalue weighted by molar-refractivity contribution is -0.150. The number of carboxylic acids is 1. The Balaban J connectivity index is 1.95. The van der Waals surface area contributed by atoms with E-state index in [0.717, 1.165) is 18.2 Å². The lowest BCUT2D eigenvalue weighted by Crippen LogP contribution is -2.37. The number of benzene rings is 1. The molecular weight excluding hydrogens is 399 g/mol. The number of nitrogens with zero attached hydrogens (tertiary/aromatic N) is 1. The number of carbonyl (C=O) groups is 2. The van der Waals surface area contributed by atoms with Crippen LogP contribution in [-0.4, -0.2) is 30.7 Å². The zero-order valence-corrected chi connectivity index (χ0v) is 15.6. The number of hydrogen-bond acceptors (Lipinski definition) is 5. The number of nitrogens with two attached hydrogens (primary N) is 1. The van der Waals surface area contributed by atoms with Gasteiger partial charge in [0.2, 0.25) is 5.91 Å². The average Bonchev–Trinajstić information content (AvgIpc) is 3.16. The first-order chi connectivity index (χ1) is 12.5. The van der Waals surface area contributed by atoms with Crippen LogP contribution >= 0.6 is 11.6 Å². The van der Waals surface area contributed by atoms with E-state index in [-0.39, 0.29) is 35.6 Å². The van der Waals surface area contributed by atoms with Gasteiger partial charge in [-0.25, -0.2) is 12.8 Å². The highest BCUT2D eigenvalue weighted by Gasteiger charge is 2.72. The Kier molecular flexibility index (Phi) is 4.48. The van der Waals surface area contributed by atoms with Gasteiger partial charge in [0.25, 0.3) is 0 Å². The molecule has 0 bridgehead atoms. The molecule has 3 rings (SSSR count). The Hall–Kier alpha value is -2.18. The van der Waals surface area contributed by atoms with Crippen LogP contribution in [0.25, 0.3) is 0 Å². The van der Waals surface area contributed by atoms with Crippen molar-refractivity contribution in [3.63, 3.8) is 0 Å². The van der Waals surface area contributed by atoms with E-state index in [0.29, 0.717) is 0 Å². The fraction of sp³-hybridized carbons (Fsp3) is 0.471. The molecule has 2 unspecified atom stereocenters. The number of carbonyl (C=O) groups excluding carboxylic acids is 1. The first-order valence-electron chi connectivity index (χ1n) is 8.15. The van der Waals surface area contributed by atoms with Gasteiger partial charge in [0, 0.05) is 5.92 Å². The van der Waals surface area contributed by atoms with Crippen LogP contribution in [0, 0.1) is 33.9 Å². The minimum atomic E-state index is -4.02. The third kappa shape index (κ3) is 2.78. The minimum absolute atomic E-state index is 0.00476. The van der Waals surface area contributed by atoms with Gasteiger partial charge in [-0.1, -0.05) is 11.6 Å². The second-order valence-electron chi connectivity index (χ2n) is 7.15. The van der Waals surface area contributed by atoms with E-state index in [1.54, 1.807) is 0 Å². The van der Waals surface area contributed by atoms with Crippen molar-refractivity contribution in [2.24, 2.45) is 22.5 Å². The molecule has 2 aliphatic carbocycles. The van der Waals surface area contributed by atoms with Crippen molar-refractivity contribution in [3.8, 4) is 6.07 Å². The highest BCUT2D eigenvalue weighted by atomic mass is 35.5. The van der Waals surface area contributed by atoms with Gasteiger partial charge in [-0.3, -0.25) is 9.59 Å². The summed E-state index contributed by atoms with van der Waals surface area (Å²) in [6.45, 7) is 0. The maximum absolute atomic E-state index is 13.2. The summed E-state index contributed by atoms with van der Waals surface area (Å²) in [6.07, 6.45) is -0.250. The van der Waals surface area contributed by atoms with Gasteiger partial charge < -0.3 is 10.8 Å². The van der Waals surface area contributed by atoms with E-state index in [1.807, 2.05) is 6.07 Å². The maximum atomic E-state index is 13.2. The van der Waals surface area contributed by atoms with E-state index in [2.05, 4.69) is 0 Å². The molecule has 0 saturated heterocycles. The van der Waals surface area contributed by atoms with Crippen LogP contribution in [0.1, 0.15) is 25.7 Å². The van der Waals surface area contributed by atoms with Crippen LogP contribution in [0.5, 0.6) is 0 Å².